The van der Waals surface area contributed by atoms with Gasteiger partial charge in [0.15, 0.2) is 0 Å². The number of hydrogen-bond acceptors (Lipinski definition) is 4. The van der Waals surface area contributed by atoms with Crippen LogP contribution in [0.5, 0.6) is 0 Å². The topological polar surface area (TPSA) is 38.7 Å². The third-order valence-electron chi connectivity index (χ3n) is 1.04. The first-order valence-corrected chi connectivity index (χ1v) is 7.99. The van der Waals surface area contributed by atoms with E-state index >= 15 is 0 Å². The monoisotopic (exact) mass is 230 g/mol. The Bertz CT molecular complexity index is 154. The Morgan fingerprint density at radius 2 is 2.25 bits per heavy atom. The number of ether oxygens (including phenoxy) is 1. The largest absolute Gasteiger partial charge is 0.385 e. The SMILES string of the molecule is CCOP(O)(=S)SCCCOC. The lowest BCUT2D eigenvalue weighted by Crippen LogP contribution is -1.91. The van der Waals surface area contributed by atoms with Crippen LogP contribution in [0.3, 0.4) is 0 Å². The highest BCUT2D eigenvalue weighted by Gasteiger charge is 2.12. The van der Waals surface area contributed by atoms with Gasteiger partial charge in [-0.25, -0.2) is 0 Å². The first kappa shape index (κ1) is 12.9. The van der Waals surface area contributed by atoms with Gasteiger partial charge in [0, 0.05) is 19.5 Å². The van der Waals surface area contributed by atoms with Gasteiger partial charge in [0.05, 0.1) is 6.61 Å². The molecule has 0 amide bonds. The summed E-state index contributed by atoms with van der Waals surface area (Å²) < 4.78 is 9.87. The van der Waals surface area contributed by atoms with Crippen LogP contribution in [-0.2, 0) is 21.1 Å². The van der Waals surface area contributed by atoms with E-state index in [2.05, 4.69) is 0 Å². The molecule has 6 heteroatoms. The Hall–Kier alpha value is 0.880. The van der Waals surface area contributed by atoms with Crippen molar-refractivity contribution in [3.05, 3.63) is 0 Å². The van der Waals surface area contributed by atoms with Crippen LogP contribution in [0.2, 0.25) is 0 Å². The Balaban J connectivity index is 3.41. The van der Waals surface area contributed by atoms with Gasteiger partial charge in [-0.1, -0.05) is 11.4 Å². The van der Waals surface area contributed by atoms with Gasteiger partial charge < -0.3 is 14.2 Å². The molecule has 0 aliphatic rings. The molecular weight excluding hydrogens is 215 g/mol. The molecule has 1 N–H and O–H groups in total. The minimum Gasteiger partial charge on any atom is -0.385 e. The minimum atomic E-state index is -2.54. The fourth-order valence-corrected chi connectivity index (χ4v) is 4.07. The molecule has 0 saturated carbocycles. The summed E-state index contributed by atoms with van der Waals surface area (Å²) in [5, 5.41) is 0. The molecule has 0 spiro atoms. The average molecular weight is 230 g/mol. The van der Waals surface area contributed by atoms with Gasteiger partial charge in [-0.3, -0.25) is 0 Å². The Labute approximate surface area is 82.8 Å². The van der Waals surface area contributed by atoms with Crippen molar-refractivity contribution < 1.29 is 14.2 Å². The van der Waals surface area contributed by atoms with Crippen LogP contribution in [0.1, 0.15) is 13.3 Å². The van der Waals surface area contributed by atoms with Crippen molar-refractivity contribution in [2.75, 3.05) is 26.1 Å². The maximum atomic E-state index is 9.44. The quantitative estimate of drug-likeness (QED) is 0.535. The molecule has 1 unspecified atom stereocenters. The zero-order valence-corrected chi connectivity index (χ0v) is 9.88. The highest BCUT2D eigenvalue weighted by Crippen LogP contribution is 2.55. The molecule has 0 aliphatic heterocycles. The van der Waals surface area contributed by atoms with Crippen molar-refractivity contribution in [3.63, 3.8) is 0 Å². The van der Waals surface area contributed by atoms with Crippen LogP contribution < -0.4 is 0 Å². The van der Waals surface area contributed by atoms with Gasteiger partial charge in [-0.2, -0.15) is 0 Å². The molecule has 0 aromatic heterocycles. The van der Waals surface area contributed by atoms with Crippen molar-refractivity contribution in [2.24, 2.45) is 0 Å². The van der Waals surface area contributed by atoms with E-state index < -0.39 is 5.69 Å². The maximum absolute atomic E-state index is 9.44. The third-order valence-corrected chi connectivity index (χ3v) is 5.53. The lowest BCUT2D eigenvalue weighted by atomic mass is 10.5. The van der Waals surface area contributed by atoms with Crippen molar-refractivity contribution >= 4 is 28.9 Å². The summed E-state index contributed by atoms with van der Waals surface area (Å²) in [5.41, 5.74) is -2.54. The van der Waals surface area contributed by atoms with Crippen molar-refractivity contribution in [1.82, 2.24) is 0 Å². The standard InChI is InChI=1S/C6H15O3PS2/c1-3-9-10(7,11)12-6-4-5-8-2/h3-6H2,1-2H3,(H,7,11). The van der Waals surface area contributed by atoms with Gasteiger partial charge in [0.2, 0.25) is 5.69 Å². The molecule has 0 radical (unpaired) electrons. The van der Waals surface area contributed by atoms with E-state index in [1.54, 1.807) is 7.11 Å². The fraction of sp³-hybridized carbons (Fsp3) is 1.00. The maximum Gasteiger partial charge on any atom is 0.244 e. The molecule has 0 bridgehead atoms. The van der Waals surface area contributed by atoms with Crippen LogP contribution in [0.15, 0.2) is 0 Å². The number of rotatable bonds is 7. The predicted molar refractivity (Wildman–Crippen MR) is 57.1 cm³/mol. The first-order valence-electron chi connectivity index (χ1n) is 3.73. The molecule has 0 saturated heterocycles. The van der Waals surface area contributed by atoms with E-state index in [1.807, 2.05) is 6.92 Å². The summed E-state index contributed by atoms with van der Waals surface area (Å²) in [7, 11) is 1.66. The van der Waals surface area contributed by atoms with Crippen LogP contribution in [0.4, 0.5) is 0 Å². The molecule has 12 heavy (non-hydrogen) atoms. The molecule has 0 fully saturated rings. The Morgan fingerprint density at radius 1 is 1.58 bits per heavy atom. The lowest BCUT2D eigenvalue weighted by molar-refractivity contribution is 0.200. The van der Waals surface area contributed by atoms with Crippen LogP contribution in [0, 0.1) is 0 Å². The van der Waals surface area contributed by atoms with E-state index in [-0.39, 0.29) is 0 Å². The number of methoxy groups -OCH3 is 1. The normalized spacial score (nSPS) is 15.9. The van der Waals surface area contributed by atoms with Crippen molar-refractivity contribution in [1.29, 1.82) is 0 Å². The highest BCUT2D eigenvalue weighted by molar-refractivity contribution is 8.67. The smallest absolute Gasteiger partial charge is 0.244 e. The lowest BCUT2D eigenvalue weighted by Gasteiger charge is -2.12. The van der Waals surface area contributed by atoms with E-state index in [1.165, 1.54) is 11.4 Å². The van der Waals surface area contributed by atoms with Crippen LogP contribution >= 0.6 is 17.1 Å². The summed E-state index contributed by atoms with van der Waals surface area (Å²) in [6, 6.07) is 0. The van der Waals surface area contributed by atoms with Crippen LogP contribution in [0.25, 0.3) is 0 Å². The Kier molecular flexibility index (Phi) is 7.83. The van der Waals surface area contributed by atoms with Gasteiger partial charge in [-0.15, -0.1) is 0 Å². The van der Waals surface area contributed by atoms with E-state index in [9.17, 15) is 4.89 Å². The molecule has 0 rings (SSSR count). The second-order valence-corrected chi connectivity index (χ2v) is 8.37. The van der Waals surface area contributed by atoms with E-state index in [4.69, 9.17) is 21.1 Å². The summed E-state index contributed by atoms with van der Waals surface area (Å²) in [6.07, 6.45) is 0.896. The molecule has 0 heterocycles. The predicted octanol–water partition coefficient (Wildman–Crippen LogP) is 2.01. The van der Waals surface area contributed by atoms with E-state index in [0.717, 1.165) is 12.2 Å². The summed E-state index contributed by atoms with van der Waals surface area (Å²) in [6.45, 7) is 3.01. The average Bonchev–Trinajstić information content (AvgIpc) is 1.98. The summed E-state index contributed by atoms with van der Waals surface area (Å²) in [4.78, 5) is 9.44. The van der Waals surface area contributed by atoms with Crippen molar-refractivity contribution in [3.8, 4) is 0 Å². The first-order chi connectivity index (χ1) is 5.62. The molecule has 3 nitrogen and oxygen atoms in total. The van der Waals surface area contributed by atoms with E-state index in [0.29, 0.717) is 13.2 Å². The molecule has 0 aromatic rings. The molecule has 1 atom stereocenters. The summed E-state index contributed by atoms with van der Waals surface area (Å²) >= 11 is 6.18. The van der Waals surface area contributed by atoms with Crippen LogP contribution in [-0.4, -0.2) is 31.0 Å². The zero-order valence-electron chi connectivity index (χ0n) is 7.36. The van der Waals surface area contributed by atoms with Gasteiger partial charge in [0.25, 0.3) is 0 Å². The second-order valence-electron chi connectivity index (χ2n) is 2.07. The molecular formula is C6H15O3PS2. The second kappa shape index (κ2) is 7.30. The fourth-order valence-electron chi connectivity index (χ4n) is 0.584. The zero-order chi connectivity index (χ0) is 9.45. The highest BCUT2D eigenvalue weighted by atomic mass is 32.9. The molecule has 0 aromatic carbocycles. The van der Waals surface area contributed by atoms with Gasteiger partial charge >= 0.3 is 0 Å². The third kappa shape index (κ3) is 7.53. The molecule has 0 aliphatic carbocycles. The van der Waals surface area contributed by atoms with Crippen molar-refractivity contribution in [2.45, 2.75) is 13.3 Å². The number of hydrogen-bond donors (Lipinski definition) is 1. The minimum absolute atomic E-state index is 0.477. The van der Waals surface area contributed by atoms with Gasteiger partial charge in [0.1, 0.15) is 0 Å². The van der Waals surface area contributed by atoms with Gasteiger partial charge in [-0.05, 0) is 25.2 Å². The summed E-state index contributed by atoms with van der Waals surface area (Å²) in [5.74, 6) is 0.793. The Morgan fingerprint density at radius 3 is 2.75 bits per heavy atom. The molecule has 74 valence electrons.